The molecule has 0 aliphatic carbocycles. The Labute approximate surface area is 126 Å². The fourth-order valence-electron chi connectivity index (χ4n) is 2.20. The Kier molecular flexibility index (Phi) is 6.35. The van der Waals surface area contributed by atoms with Crippen molar-refractivity contribution in [2.24, 2.45) is 0 Å². The van der Waals surface area contributed by atoms with E-state index < -0.39 is 10.2 Å². The second kappa shape index (κ2) is 7.33. The molecular formula is C12H21ClN4O2S. The zero-order valence-corrected chi connectivity index (χ0v) is 13.2. The number of rotatable bonds is 4. The van der Waals surface area contributed by atoms with Crippen molar-refractivity contribution in [3.05, 3.63) is 30.1 Å². The van der Waals surface area contributed by atoms with Crippen molar-refractivity contribution in [3.8, 4) is 0 Å². The van der Waals surface area contributed by atoms with E-state index in [9.17, 15) is 8.42 Å². The van der Waals surface area contributed by atoms with E-state index in [0.29, 0.717) is 19.6 Å². The molecule has 1 atom stereocenters. The lowest BCUT2D eigenvalue weighted by molar-refractivity contribution is 0.266. The summed E-state index contributed by atoms with van der Waals surface area (Å²) in [7, 11) is -3.46. The van der Waals surface area contributed by atoms with Gasteiger partial charge in [-0.15, -0.1) is 12.4 Å². The van der Waals surface area contributed by atoms with Crippen LogP contribution in [-0.2, 0) is 10.2 Å². The third kappa shape index (κ3) is 4.13. The van der Waals surface area contributed by atoms with Crippen molar-refractivity contribution in [2.75, 3.05) is 19.6 Å². The maximum absolute atomic E-state index is 12.3. The lowest BCUT2D eigenvalue weighted by Gasteiger charge is -2.35. The maximum Gasteiger partial charge on any atom is 0.280 e. The minimum Gasteiger partial charge on any atom is -0.313 e. The molecule has 2 N–H and O–H groups in total. The molecule has 1 aromatic rings. The molecule has 0 saturated carbocycles. The predicted octanol–water partition coefficient (Wildman–Crippen LogP) is 0.693. The quantitative estimate of drug-likeness (QED) is 0.856. The fraction of sp³-hybridized carbons (Fsp3) is 0.583. The van der Waals surface area contributed by atoms with Gasteiger partial charge in [0.25, 0.3) is 10.2 Å². The van der Waals surface area contributed by atoms with Crippen LogP contribution in [0.4, 0.5) is 0 Å². The second-order valence-corrected chi connectivity index (χ2v) is 6.55. The van der Waals surface area contributed by atoms with E-state index in [0.717, 1.165) is 5.56 Å². The molecule has 114 valence electrons. The smallest absolute Gasteiger partial charge is 0.280 e. The standard InChI is InChI=1S/C12H20N4O2S.ClH/c1-10(2)15-19(17,18)16-7-6-14-9-12(16)11-4-3-5-13-8-11;/h3-5,8,10,12,14-15H,6-7,9H2,1-2H3;1H. The Hall–Kier alpha value is -0.730. The highest BCUT2D eigenvalue weighted by Crippen LogP contribution is 2.23. The average Bonchev–Trinajstić information content (AvgIpc) is 2.38. The summed E-state index contributed by atoms with van der Waals surface area (Å²) in [6.45, 7) is 5.36. The molecule has 2 rings (SSSR count). The van der Waals surface area contributed by atoms with E-state index in [2.05, 4.69) is 15.0 Å². The van der Waals surface area contributed by atoms with Crippen LogP contribution in [0.3, 0.4) is 0 Å². The molecule has 0 bridgehead atoms. The van der Waals surface area contributed by atoms with Crippen LogP contribution < -0.4 is 10.0 Å². The highest BCUT2D eigenvalue weighted by atomic mass is 35.5. The molecule has 20 heavy (non-hydrogen) atoms. The van der Waals surface area contributed by atoms with Gasteiger partial charge in [0.2, 0.25) is 0 Å². The summed E-state index contributed by atoms with van der Waals surface area (Å²) in [5, 5.41) is 3.23. The molecule has 0 spiro atoms. The average molecular weight is 321 g/mol. The van der Waals surface area contributed by atoms with Gasteiger partial charge >= 0.3 is 0 Å². The highest BCUT2D eigenvalue weighted by molar-refractivity contribution is 7.87. The first-order valence-electron chi connectivity index (χ1n) is 6.40. The highest BCUT2D eigenvalue weighted by Gasteiger charge is 2.33. The van der Waals surface area contributed by atoms with Gasteiger partial charge in [0.05, 0.1) is 6.04 Å². The van der Waals surface area contributed by atoms with E-state index in [1.807, 2.05) is 26.0 Å². The van der Waals surface area contributed by atoms with Gasteiger partial charge < -0.3 is 5.32 Å². The van der Waals surface area contributed by atoms with Crippen molar-refractivity contribution >= 4 is 22.6 Å². The third-order valence-electron chi connectivity index (χ3n) is 2.96. The molecule has 1 unspecified atom stereocenters. The first-order valence-corrected chi connectivity index (χ1v) is 7.84. The van der Waals surface area contributed by atoms with E-state index in [1.165, 1.54) is 4.31 Å². The van der Waals surface area contributed by atoms with Crippen molar-refractivity contribution in [1.29, 1.82) is 0 Å². The lowest BCUT2D eigenvalue weighted by Crippen LogP contribution is -2.53. The number of piperazine rings is 1. The van der Waals surface area contributed by atoms with Gasteiger partial charge in [-0.25, -0.2) is 0 Å². The number of aromatic nitrogens is 1. The largest absolute Gasteiger partial charge is 0.313 e. The molecule has 0 amide bonds. The molecule has 2 heterocycles. The third-order valence-corrected chi connectivity index (χ3v) is 4.78. The SMILES string of the molecule is CC(C)NS(=O)(=O)N1CCNCC1c1cccnc1.Cl. The van der Waals surface area contributed by atoms with Crippen molar-refractivity contribution < 1.29 is 8.42 Å². The Bertz CT molecular complexity index is 509. The van der Waals surface area contributed by atoms with E-state index in [1.54, 1.807) is 12.4 Å². The molecule has 6 nitrogen and oxygen atoms in total. The van der Waals surface area contributed by atoms with Gasteiger partial charge in [0, 0.05) is 38.1 Å². The zero-order valence-electron chi connectivity index (χ0n) is 11.6. The number of halogens is 1. The molecule has 1 aliphatic heterocycles. The predicted molar refractivity (Wildman–Crippen MR) is 81.0 cm³/mol. The Morgan fingerprint density at radius 3 is 2.85 bits per heavy atom. The monoisotopic (exact) mass is 320 g/mol. The van der Waals surface area contributed by atoms with E-state index in [-0.39, 0.29) is 24.5 Å². The van der Waals surface area contributed by atoms with Crippen LogP contribution in [0, 0.1) is 0 Å². The summed E-state index contributed by atoms with van der Waals surface area (Å²) in [5.74, 6) is 0. The molecule has 1 aliphatic rings. The van der Waals surface area contributed by atoms with E-state index in [4.69, 9.17) is 0 Å². The normalized spacial score (nSPS) is 20.6. The number of nitrogens with one attached hydrogen (secondary N) is 2. The van der Waals surface area contributed by atoms with Crippen LogP contribution in [0.15, 0.2) is 24.5 Å². The minimum absolute atomic E-state index is 0. The van der Waals surface area contributed by atoms with Crippen LogP contribution in [0.2, 0.25) is 0 Å². The molecule has 0 aromatic carbocycles. The Morgan fingerprint density at radius 2 is 2.25 bits per heavy atom. The molecule has 1 fully saturated rings. The fourth-order valence-corrected chi connectivity index (χ4v) is 3.79. The number of pyridine rings is 1. The molecular weight excluding hydrogens is 300 g/mol. The van der Waals surface area contributed by atoms with Crippen molar-refractivity contribution in [2.45, 2.75) is 25.9 Å². The Morgan fingerprint density at radius 1 is 1.50 bits per heavy atom. The molecule has 1 saturated heterocycles. The Balaban J connectivity index is 0.00000200. The van der Waals surface area contributed by atoms with Gasteiger partial charge in [-0.05, 0) is 25.5 Å². The van der Waals surface area contributed by atoms with Crippen molar-refractivity contribution in [1.82, 2.24) is 19.3 Å². The molecule has 0 radical (unpaired) electrons. The number of hydrogen-bond acceptors (Lipinski definition) is 4. The van der Waals surface area contributed by atoms with Gasteiger partial charge in [0.15, 0.2) is 0 Å². The van der Waals surface area contributed by atoms with Gasteiger partial charge in [-0.2, -0.15) is 17.4 Å². The summed E-state index contributed by atoms with van der Waals surface area (Å²) < 4.78 is 28.8. The van der Waals surface area contributed by atoms with Crippen LogP contribution in [0.1, 0.15) is 25.5 Å². The van der Waals surface area contributed by atoms with Crippen LogP contribution in [-0.4, -0.2) is 43.4 Å². The summed E-state index contributed by atoms with van der Waals surface area (Å²) in [5.41, 5.74) is 0.906. The lowest BCUT2D eigenvalue weighted by atomic mass is 10.1. The summed E-state index contributed by atoms with van der Waals surface area (Å²) in [4.78, 5) is 4.07. The van der Waals surface area contributed by atoms with Crippen LogP contribution in [0.5, 0.6) is 0 Å². The number of nitrogens with zero attached hydrogens (tertiary/aromatic N) is 2. The van der Waals surface area contributed by atoms with Gasteiger partial charge in [-0.1, -0.05) is 6.07 Å². The summed E-state index contributed by atoms with van der Waals surface area (Å²) >= 11 is 0. The maximum atomic E-state index is 12.3. The molecule has 8 heteroatoms. The molecule has 1 aromatic heterocycles. The summed E-state index contributed by atoms with van der Waals surface area (Å²) in [6.07, 6.45) is 3.40. The van der Waals surface area contributed by atoms with Crippen LogP contribution in [0.25, 0.3) is 0 Å². The minimum atomic E-state index is -3.46. The van der Waals surface area contributed by atoms with Crippen LogP contribution >= 0.6 is 12.4 Å². The number of hydrogen-bond donors (Lipinski definition) is 2. The first-order chi connectivity index (χ1) is 9.00. The van der Waals surface area contributed by atoms with Crippen molar-refractivity contribution in [3.63, 3.8) is 0 Å². The summed E-state index contributed by atoms with van der Waals surface area (Å²) in [6, 6.07) is 3.40. The van der Waals surface area contributed by atoms with Gasteiger partial charge in [-0.3, -0.25) is 4.98 Å². The van der Waals surface area contributed by atoms with Gasteiger partial charge in [0.1, 0.15) is 0 Å². The topological polar surface area (TPSA) is 74.3 Å². The zero-order chi connectivity index (χ0) is 13.9. The second-order valence-electron chi connectivity index (χ2n) is 4.89. The van der Waals surface area contributed by atoms with E-state index >= 15 is 0 Å². The first kappa shape index (κ1) is 17.3.